The van der Waals surface area contributed by atoms with E-state index in [9.17, 15) is 4.79 Å². The van der Waals surface area contributed by atoms with E-state index in [1.807, 2.05) is 19.1 Å². The number of nitrogen functional groups attached to an aromatic ring is 1. The van der Waals surface area contributed by atoms with Gasteiger partial charge in [-0.3, -0.25) is 4.79 Å². The highest BCUT2D eigenvalue weighted by atomic mass is 79.9. The topological polar surface area (TPSA) is 83.3 Å². The van der Waals surface area contributed by atoms with E-state index in [-0.39, 0.29) is 5.91 Å². The van der Waals surface area contributed by atoms with Crippen LogP contribution in [0, 0.1) is 0 Å². The zero-order valence-corrected chi connectivity index (χ0v) is 11.9. The quantitative estimate of drug-likeness (QED) is 0.461. The predicted molar refractivity (Wildman–Crippen MR) is 79.0 cm³/mol. The molecule has 0 fully saturated rings. The first kappa shape index (κ1) is 13.4. The third kappa shape index (κ3) is 3.45. The minimum Gasteiger partial charge on any atom is -0.399 e. The highest BCUT2D eigenvalue weighted by molar-refractivity contribution is 9.10. The van der Waals surface area contributed by atoms with Gasteiger partial charge in [-0.2, -0.15) is 5.10 Å². The summed E-state index contributed by atoms with van der Waals surface area (Å²) in [4.78, 5) is 14.6. The molecule has 1 aromatic heterocycles. The Labute approximate surface area is 119 Å². The molecule has 0 atom stereocenters. The number of halogens is 1. The van der Waals surface area contributed by atoms with E-state index in [4.69, 9.17) is 5.73 Å². The first-order valence-corrected chi connectivity index (χ1v) is 6.40. The van der Waals surface area contributed by atoms with Gasteiger partial charge in [-0.1, -0.05) is 12.1 Å². The van der Waals surface area contributed by atoms with Crippen LogP contribution in [0.3, 0.4) is 0 Å². The standard InChI is InChI=1S/C13H13BrN4O/c1-8(9-2-4-11(15)5-3-9)17-18-13(19)12-6-10(14)7-16-12/h2-7,16H,15H2,1H3,(H,18,19)/b17-8-. The Bertz CT molecular complexity index is 616. The summed E-state index contributed by atoms with van der Waals surface area (Å²) in [5.74, 6) is -0.291. The zero-order valence-electron chi connectivity index (χ0n) is 10.3. The fourth-order valence-electron chi connectivity index (χ4n) is 1.48. The molecule has 19 heavy (non-hydrogen) atoms. The molecule has 5 nitrogen and oxygen atoms in total. The lowest BCUT2D eigenvalue weighted by Crippen LogP contribution is -2.19. The van der Waals surface area contributed by atoms with Crippen molar-refractivity contribution in [2.75, 3.05) is 5.73 Å². The van der Waals surface area contributed by atoms with Crippen LogP contribution in [0.2, 0.25) is 0 Å². The van der Waals surface area contributed by atoms with E-state index in [0.717, 1.165) is 10.0 Å². The van der Waals surface area contributed by atoms with Crippen molar-refractivity contribution in [2.45, 2.75) is 6.92 Å². The maximum atomic E-state index is 11.8. The number of benzene rings is 1. The summed E-state index contributed by atoms with van der Waals surface area (Å²) >= 11 is 3.27. The third-order valence-corrected chi connectivity index (χ3v) is 3.00. The summed E-state index contributed by atoms with van der Waals surface area (Å²) in [5, 5.41) is 4.05. The van der Waals surface area contributed by atoms with Gasteiger partial charge in [-0.15, -0.1) is 0 Å². The molecule has 0 unspecified atom stereocenters. The van der Waals surface area contributed by atoms with Gasteiger partial charge in [0.1, 0.15) is 5.69 Å². The average molecular weight is 321 g/mol. The van der Waals surface area contributed by atoms with Gasteiger partial charge in [0, 0.05) is 16.4 Å². The van der Waals surface area contributed by atoms with Gasteiger partial charge >= 0.3 is 0 Å². The van der Waals surface area contributed by atoms with Gasteiger partial charge in [-0.05, 0) is 46.6 Å². The fraction of sp³-hybridized carbons (Fsp3) is 0.0769. The summed E-state index contributed by atoms with van der Waals surface area (Å²) in [7, 11) is 0. The number of rotatable bonds is 3. The van der Waals surface area contributed by atoms with E-state index < -0.39 is 0 Å². The molecule has 0 saturated carbocycles. The average Bonchev–Trinajstić information content (AvgIpc) is 2.83. The van der Waals surface area contributed by atoms with E-state index in [1.165, 1.54) is 0 Å². The Morgan fingerprint density at radius 3 is 2.63 bits per heavy atom. The number of anilines is 1. The molecule has 0 aliphatic rings. The molecule has 1 heterocycles. The summed E-state index contributed by atoms with van der Waals surface area (Å²) < 4.78 is 0.817. The number of carbonyl (C=O) groups is 1. The third-order valence-electron chi connectivity index (χ3n) is 2.55. The highest BCUT2D eigenvalue weighted by Gasteiger charge is 2.06. The Morgan fingerprint density at radius 2 is 2.05 bits per heavy atom. The first-order chi connectivity index (χ1) is 9.06. The van der Waals surface area contributed by atoms with Crippen molar-refractivity contribution >= 4 is 33.2 Å². The molecular formula is C13H13BrN4O. The molecule has 98 valence electrons. The first-order valence-electron chi connectivity index (χ1n) is 5.61. The minimum absolute atomic E-state index is 0.291. The Balaban J connectivity index is 2.06. The number of nitrogens with zero attached hydrogens (tertiary/aromatic N) is 1. The molecule has 0 bridgehead atoms. The Morgan fingerprint density at radius 1 is 1.37 bits per heavy atom. The second-order valence-electron chi connectivity index (χ2n) is 3.99. The zero-order chi connectivity index (χ0) is 13.8. The lowest BCUT2D eigenvalue weighted by atomic mass is 10.1. The van der Waals surface area contributed by atoms with Crippen LogP contribution in [0.4, 0.5) is 5.69 Å². The van der Waals surface area contributed by atoms with Crippen molar-refractivity contribution in [3.05, 3.63) is 52.3 Å². The summed E-state index contributed by atoms with van der Waals surface area (Å²) in [5.41, 5.74) is 10.8. The summed E-state index contributed by atoms with van der Waals surface area (Å²) in [6.45, 7) is 1.82. The molecule has 0 aliphatic carbocycles. The number of carbonyl (C=O) groups excluding carboxylic acids is 1. The van der Waals surface area contributed by atoms with Gasteiger partial charge < -0.3 is 10.7 Å². The number of H-pyrrole nitrogens is 1. The number of nitrogens with two attached hydrogens (primary N) is 1. The van der Waals surface area contributed by atoms with Crippen LogP contribution < -0.4 is 11.2 Å². The number of hydrazone groups is 1. The number of hydrogen-bond donors (Lipinski definition) is 3. The van der Waals surface area contributed by atoms with Crippen molar-refractivity contribution < 1.29 is 4.79 Å². The molecule has 1 aromatic carbocycles. The van der Waals surface area contributed by atoms with E-state index >= 15 is 0 Å². The second-order valence-corrected chi connectivity index (χ2v) is 4.91. The van der Waals surface area contributed by atoms with E-state index in [1.54, 1.807) is 24.4 Å². The molecule has 2 rings (SSSR count). The van der Waals surface area contributed by atoms with Crippen molar-refractivity contribution in [2.24, 2.45) is 5.10 Å². The number of aromatic nitrogens is 1. The molecule has 6 heteroatoms. The second kappa shape index (κ2) is 5.71. The van der Waals surface area contributed by atoms with Gasteiger partial charge in [0.25, 0.3) is 5.91 Å². The van der Waals surface area contributed by atoms with Crippen molar-refractivity contribution in [3.63, 3.8) is 0 Å². The van der Waals surface area contributed by atoms with Crippen LogP contribution in [-0.4, -0.2) is 16.6 Å². The van der Waals surface area contributed by atoms with Crippen LogP contribution in [-0.2, 0) is 0 Å². The molecular weight excluding hydrogens is 308 g/mol. The molecule has 0 radical (unpaired) electrons. The van der Waals surface area contributed by atoms with Crippen molar-refractivity contribution in [3.8, 4) is 0 Å². The highest BCUT2D eigenvalue weighted by Crippen LogP contribution is 2.10. The lowest BCUT2D eigenvalue weighted by molar-refractivity contribution is 0.0950. The van der Waals surface area contributed by atoms with E-state index in [2.05, 4.69) is 31.4 Å². The van der Waals surface area contributed by atoms with Crippen LogP contribution >= 0.6 is 15.9 Å². The molecule has 0 aliphatic heterocycles. The maximum Gasteiger partial charge on any atom is 0.287 e. The number of hydrogen-bond acceptors (Lipinski definition) is 3. The van der Waals surface area contributed by atoms with E-state index in [0.29, 0.717) is 17.1 Å². The molecule has 4 N–H and O–H groups in total. The molecule has 1 amide bonds. The SMILES string of the molecule is C/C(=N/NC(=O)c1cc(Br)c[nH]1)c1ccc(N)cc1. The molecule has 2 aromatic rings. The summed E-state index contributed by atoms with van der Waals surface area (Å²) in [6, 6.07) is 8.97. The maximum absolute atomic E-state index is 11.8. The summed E-state index contributed by atoms with van der Waals surface area (Å²) in [6.07, 6.45) is 1.69. The Kier molecular flexibility index (Phi) is 4.01. The smallest absolute Gasteiger partial charge is 0.287 e. The largest absolute Gasteiger partial charge is 0.399 e. The number of nitrogens with one attached hydrogen (secondary N) is 2. The van der Waals surface area contributed by atoms with Gasteiger partial charge in [0.15, 0.2) is 0 Å². The van der Waals surface area contributed by atoms with Gasteiger partial charge in [0.05, 0.1) is 5.71 Å². The monoisotopic (exact) mass is 320 g/mol. The van der Waals surface area contributed by atoms with Crippen LogP contribution in [0.1, 0.15) is 23.0 Å². The normalized spacial score (nSPS) is 11.4. The van der Waals surface area contributed by atoms with Crippen molar-refractivity contribution in [1.29, 1.82) is 0 Å². The predicted octanol–water partition coefficient (Wildman–Crippen LogP) is 2.51. The van der Waals surface area contributed by atoms with Crippen LogP contribution in [0.15, 0.2) is 46.1 Å². The molecule has 0 spiro atoms. The Hall–Kier alpha value is -2.08. The van der Waals surface area contributed by atoms with Crippen molar-refractivity contribution in [1.82, 2.24) is 10.4 Å². The lowest BCUT2D eigenvalue weighted by Gasteiger charge is -2.02. The van der Waals surface area contributed by atoms with Crippen LogP contribution in [0.5, 0.6) is 0 Å². The molecule has 0 saturated heterocycles. The van der Waals surface area contributed by atoms with Gasteiger partial charge in [0.2, 0.25) is 0 Å². The van der Waals surface area contributed by atoms with Crippen LogP contribution in [0.25, 0.3) is 0 Å². The number of amides is 1. The fourth-order valence-corrected chi connectivity index (χ4v) is 1.83. The number of aromatic amines is 1. The van der Waals surface area contributed by atoms with Gasteiger partial charge in [-0.25, -0.2) is 5.43 Å². The minimum atomic E-state index is -0.291.